The summed E-state index contributed by atoms with van der Waals surface area (Å²) in [6.07, 6.45) is 5.60. The zero-order valence-electron chi connectivity index (χ0n) is 11.5. The van der Waals surface area contributed by atoms with Crippen LogP contribution in [0.25, 0.3) is 0 Å². The summed E-state index contributed by atoms with van der Waals surface area (Å²) in [6.45, 7) is 4.76. The van der Waals surface area contributed by atoms with Crippen LogP contribution in [0.3, 0.4) is 0 Å². The molecule has 0 fully saturated rings. The molecule has 4 heteroatoms. The molecule has 2 aromatic rings. The molecule has 0 aliphatic heterocycles. The van der Waals surface area contributed by atoms with Crippen LogP contribution >= 0.6 is 0 Å². The monoisotopic (exact) mass is 256 g/mol. The highest BCUT2D eigenvalue weighted by Crippen LogP contribution is 2.12. The Morgan fingerprint density at radius 3 is 2.68 bits per heavy atom. The van der Waals surface area contributed by atoms with Crippen LogP contribution in [0.1, 0.15) is 18.1 Å². The van der Waals surface area contributed by atoms with E-state index in [-0.39, 0.29) is 0 Å². The zero-order valence-corrected chi connectivity index (χ0v) is 11.5. The molecule has 2 aromatic heterocycles. The smallest absolute Gasteiger partial charge is 0.128 e. The van der Waals surface area contributed by atoms with Crippen LogP contribution in [0.15, 0.2) is 42.9 Å². The van der Waals surface area contributed by atoms with Crippen molar-refractivity contribution in [2.45, 2.75) is 20.0 Å². The quantitative estimate of drug-likeness (QED) is 0.860. The van der Waals surface area contributed by atoms with Crippen molar-refractivity contribution in [1.82, 2.24) is 15.3 Å². The molecule has 0 aliphatic rings. The van der Waals surface area contributed by atoms with Crippen molar-refractivity contribution in [3.8, 4) is 0 Å². The van der Waals surface area contributed by atoms with Gasteiger partial charge in [0.2, 0.25) is 0 Å². The van der Waals surface area contributed by atoms with E-state index in [9.17, 15) is 0 Å². The molecule has 2 rings (SSSR count). The van der Waals surface area contributed by atoms with Gasteiger partial charge in [0.15, 0.2) is 0 Å². The highest BCUT2D eigenvalue weighted by atomic mass is 15.2. The van der Waals surface area contributed by atoms with E-state index in [4.69, 9.17) is 0 Å². The Labute approximate surface area is 114 Å². The number of hydrogen-bond donors (Lipinski definition) is 1. The molecule has 2 heterocycles. The molecule has 0 spiro atoms. The van der Waals surface area contributed by atoms with Gasteiger partial charge in [0.25, 0.3) is 0 Å². The molecule has 0 aliphatic carbocycles. The molecule has 0 saturated heterocycles. The second kappa shape index (κ2) is 6.85. The molecule has 19 heavy (non-hydrogen) atoms. The van der Waals surface area contributed by atoms with Gasteiger partial charge in [-0.15, -0.1) is 0 Å². The molecule has 1 N–H and O–H groups in total. The van der Waals surface area contributed by atoms with Crippen molar-refractivity contribution < 1.29 is 0 Å². The summed E-state index contributed by atoms with van der Waals surface area (Å²) in [7, 11) is 2.04. The molecular formula is C15H20N4. The molecule has 0 bridgehead atoms. The maximum atomic E-state index is 4.49. The molecule has 0 atom stereocenters. The fourth-order valence-corrected chi connectivity index (χ4v) is 1.86. The van der Waals surface area contributed by atoms with Gasteiger partial charge >= 0.3 is 0 Å². The Morgan fingerprint density at radius 1 is 1.16 bits per heavy atom. The summed E-state index contributed by atoms with van der Waals surface area (Å²) in [5.74, 6) is 0.976. The second-order valence-electron chi connectivity index (χ2n) is 4.52. The predicted octanol–water partition coefficient (Wildman–Crippen LogP) is 2.22. The van der Waals surface area contributed by atoms with Crippen molar-refractivity contribution in [2.24, 2.45) is 0 Å². The third-order valence-corrected chi connectivity index (χ3v) is 2.92. The van der Waals surface area contributed by atoms with Gasteiger partial charge in [-0.2, -0.15) is 0 Å². The maximum absolute atomic E-state index is 4.49. The van der Waals surface area contributed by atoms with Gasteiger partial charge in [-0.3, -0.25) is 4.98 Å². The standard InChI is InChI=1S/C15H20N4/c1-3-16-9-13-6-7-15(18-11-13)19(2)12-14-5-4-8-17-10-14/h4-8,10-11,16H,3,9,12H2,1-2H3. The van der Waals surface area contributed by atoms with Crippen molar-refractivity contribution in [1.29, 1.82) is 0 Å². The molecule has 4 nitrogen and oxygen atoms in total. The van der Waals surface area contributed by atoms with E-state index in [0.717, 1.165) is 25.5 Å². The number of hydrogen-bond acceptors (Lipinski definition) is 4. The minimum atomic E-state index is 0.813. The molecule has 0 saturated carbocycles. The fourth-order valence-electron chi connectivity index (χ4n) is 1.86. The van der Waals surface area contributed by atoms with Crippen LogP contribution in [0.2, 0.25) is 0 Å². The van der Waals surface area contributed by atoms with E-state index >= 15 is 0 Å². The first-order valence-electron chi connectivity index (χ1n) is 6.55. The van der Waals surface area contributed by atoms with Crippen LogP contribution in [-0.2, 0) is 13.1 Å². The van der Waals surface area contributed by atoms with Crippen LogP contribution < -0.4 is 10.2 Å². The lowest BCUT2D eigenvalue weighted by Crippen LogP contribution is -2.18. The largest absolute Gasteiger partial charge is 0.355 e. The Kier molecular flexibility index (Phi) is 4.86. The second-order valence-corrected chi connectivity index (χ2v) is 4.52. The van der Waals surface area contributed by atoms with Gasteiger partial charge in [-0.1, -0.05) is 19.1 Å². The lowest BCUT2D eigenvalue weighted by atomic mass is 10.2. The van der Waals surface area contributed by atoms with E-state index in [0.29, 0.717) is 0 Å². The lowest BCUT2D eigenvalue weighted by Gasteiger charge is -2.18. The Bertz CT molecular complexity index is 481. The summed E-state index contributed by atoms with van der Waals surface area (Å²) < 4.78 is 0. The molecule has 0 radical (unpaired) electrons. The van der Waals surface area contributed by atoms with Gasteiger partial charge in [0.05, 0.1) is 0 Å². The van der Waals surface area contributed by atoms with Crippen LogP contribution in [0, 0.1) is 0 Å². The number of nitrogens with zero attached hydrogens (tertiary/aromatic N) is 3. The Morgan fingerprint density at radius 2 is 2.05 bits per heavy atom. The van der Waals surface area contributed by atoms with Crippen LogP contribution in [-0.4, -0.2) is 23.6 Å². The summed E-state index contributed by atoms with van der Waals surface area (Å²) in [6, 6.07) is 8.20. The number of aromatic nitrogens is 2. The summed E-state index contributed by atoms with van der Waals surface area (Å²) in [5, 5.41) is 3.29. The number of rotatable bonds is 6. The molecular weight excluding hydrogens is 236 g/mol. The Balaban J connectivity index is 1.97. The third kappa shape index (κ3) is 4.03. The van der Waals surface area contributed by atoms with E-state index in [1.807, 2.05) is 25.5 Å². The molecule has 100 valence electrons. The minimum absolute atomic E-state index is 0.813. The minimum Gasteiger partial charge on any atom is -0.355 e. The number of nitrogens with one attached hydrogen (secondary N) is 1. The first kappa shape index (κ1) is 13.5. The van der Waals surface area contributed by atoms with Gasteiger partial charge in [-0.05, 0) is 29.8 Å². The normalized spacial score (nSPS) is 10.4. The van der Waals surface area contributed by atoms with Gasteiger partial charge in [0.1, 0.15) is 5.82 Å². The highest BCUT2D eigenvalue weighted by Gasteiger charge is 2.03. The van der Waals surface area contributed by atoms with Crippen molar-refractivity contribution in [3.05, 3.63) is 54.0 Å². The first-order valence-corrected chi connectivity index (χ1v) is 6.55. The zero-order chi connectivity index (χ0) is 13.5. The summed E-state index contributed by atoms with van der Waals surface area (Å²) >= 11 is 0. The van der Waals surface area contributed by atoms with Crippen molar-refractivity contribution in [3.63, 3.8) is 0 Å². The van der Waals surface area contributed by atoms with E-state index in [1.54, 1.807) is 6.20 Å². The van der Waals surface area contributed by atoms with E-state index < -0.39 is 0 Å². The third-order valence-electron chi connectivity index (χ3n) is 2.92. The van der Waals surface area contributed by atoms with Crippen LogP contribution in [0.5, 0.6) is 0 Å². The van der Waals surface area contributed by atoms with Gasteiger partial charge in [0, 0.05) is 38.7 Å². The van der Waals surface area contributed by atoms with Gasteiger partial charge < -0.3 is 10.2 Å². The van der Waals surface area contributed by atoms with Crippen molar-refractivity contribution >= 4 is 5.82 Å². The van der Waals surface area contributed by atoms with E-state index in [1.165, 1.54) is 11.1 Å². The van der Waals surface area contributed by atoms with E-state index in [2.05, 4.69) is 45.3 Å². The number of anilines is 1. The predicted molar refractivity (Wildman–Crippen MR) is 78.0 cm³/mol. The molecule has 0 amide bonds. The fraction of sp³-hybridized carbons (Fsp3) is 0.333. The summed E-state index contributed by atoms with van der Waals surface area (Å²) in [5.41, 5.74) is 2.39. The molecule has 0 aromatic carbocycles. The lowest BCUT2D eigenvalue weighted by molar-refractivity contribution is 0.724. The molecule has 0 unspecified atom stereocenters. The SMILES string of the molecule is CCNCc1ccc(N(C)Cc2cccnc2)nc1. The Hall–Kier alpha value is -1.94. The van der Waals surface area contributed by atoms with Crippen molar-refractivity contribution in [2.75, 3.05) is 18.5 Å². The first-order chi connectivity index (χ1) is 9.29. The summed E-state index contributed by atoms with van der Waals surface area (Å²) in [4.78, 5) is 10.7. The average Bonchev–Trinajstić information content (AvgIpc) is 2.46. The highest BCUT2D eigenvalue weighted by molar-refractivity contribution is 5.39. The van der Waals surface area contributed by atoms with Crippen LogP contribution in [0.4, 0.5) is 5.82 Å². The number of pyridine rings is 2. The van der Waals surface area contributed by atoms with Gasteiger partial charge in [-0.25, -0.2) is 4.98 Å². The topological polar surface area (TPSA) is 41.0 Å². The maximum Gasteiger partial charge on any atom is 0.128 e. The average molecular weight is 256 g/mol.